The summed E-state index contributed by atoms with van der Waals surface area (Å²) in [5.74, 6) is -0.0435. The normalized spacial score (nSPS) is 12.5. The molecule has 5 rings (SSSR count). The maximum absolute atomic E-state index is 13.4. The predicted octanol–water partition coefficient (Wildman–Crippen LogP) is 5.03. The highest BCUT2D eigenvalue weighted by Crippen LogP contribution is 2.31. The summed E-state index contributed by atoms with van der Waals surface area (Å²) in [5.41, 5.74) is 6.43. The Bertz CT molecular complexity index is 1710. The topological polar surface area (TPSA) is 103 Å². The minimum absolute atomic E-state index is 0.257. The van der Waals surface area contributed by atoms with Gasteiger partial charge in [0.25, 0.3) is 11.5 Å². The van der Waals surface area contributed by atoms with E-state index < -0.39 is 23.3 Å². The lowest BCUT2D eigenvalue weighted by atomic mass is 10.1. The first-order valence-corrected chi connectivity index (χ1v) is 11.3. The van der Waals surface area contributed by atoms with Crippen molar-refractivity contribution in [2.45, 2.75) is 19.1 Å². The maximum atomic E-state index is 13.4. The van der Waals surface area contributed by atoms with Crippen molar-refractivity contribution in [2.75, 3.05) is 5.73 Å². The highest BCUT2D eigenvalue weighted by atomic mass is 19.4. The summed E-state index contributed by atoms with van der Waals surface area (Å²) in [6.07, 6.45) is -2.97. The molecule has 0 saturated heterocycles. The summed E-state index contributed by atoms with van der Waals surface area (Å²) < 4.78 is 40.5. The number of hydrogen-bond acceptors (Lipinski definition) is 5. The zero-order chi connectivity index (χ0) is 26.3. The Morgan fingerprint density at radius 3 is 2.46 bits per heavy atom. The zero-order valence-electron chi connectivity index (χ0n) is 19.5. The van der Waals surface area contributed by atoms with Crippen LogP contribution < -0.4 is 16.6 Å². The van der Waals surface area contributed by atoms with Gasteiger partial charge in [-0.3, -0.25) is 19.1 Å². The van der Waals surface area contributed by atoms with E-state index in [1.54, 1.807) is 55.5 Å². The van der Waals surface area contributed by atoms with Crippen molar-refractivity contribution in [1.82, 2.24) is 19.9 Å². The van der Waals surface area contributed by atoms with Crippen LogP contribution >= 0.6 is 0 Å². The summed E-state index contributed by atoms with van der Waals surface area (Å²) in [7, 11) is 0. The van der Waals surface area contributed by atoms with Gasteiger partial charge in [-0.2, -0.15) is 13.2 Å². The van der Waals surface area contributed by atoms with Crippen molar-refractivity contribution in [1.29, 1.82) is 0 Å². The van der Waals surface area contributed by atoms with Crippen LogP contribution in [-0.2, 0) is 6.18 Å². The number of anilines is 1. The fourth-order valence-electron chi connectivity index (χ4n) is 4.20. The Labute approximate surface area is 208 Å². The molecule has 3 aromatic heterocycles. The van der Waals surface area contributed by atoms with E-state index in [-0.39, 0.29) is 17.0 Å². The number of carbonyl (C=O) groups is 1. The second-order valence-electron chi connectivity index (χ2n) is 8.50. The van der Waals surface area contributed by atoms with Crippen molar-refractivity contribution >= 4 is 33.5 Å². The molecule has 10 heteroatoms. The van der Waals surface area contributed by atoms with Crippen molar-refractivity contribution < 1.29 is 18.0 Å². The lowest BCUT2D eigenvalue weighted by Gasteiger charge is -2.16. The van der Waals surface area contributed by atoms with Crippen molar-refractivity contribution in [3.8, 4) is 5.69 Å². The first-order valence-electron chi connectivity index (χ1n) is 11.3. The van der Waals surface area contributed by atoms with Crippen LogP contribution in [0.4, 0.5) is 19.0 Å². The monoisotopic (exact) mass is 503 g/mol. The summed E-state index contributed by atoms with van der Waals surface area (Å²) in [5, 5.41) is 3.64. The molecule has 0 unspecified atom stereocenters. The highest BCUT2D eigenvalue weighted by Gasteiger charge is 2.30. The summed E-state index contributed by atoms with van der Waals surface area (Å²) in [6.45, 7) is 1.78. The number of nitrogens with one attached hydrogen (secondary N) is 1. The van der Waals surface area contributed by atoms with Gasteiger partial charge in [-0.05, 0) is 73.7 Å². The van der Waals surface area contributed by atoms with Gasteiger partial charge in [0.05, 0.1) is 33.7 Å². The number of nitrogens with zero attached hydrogens (tertiary/aromatic N) is 3. The predicted molar refractivity (Wildman–Crippen MR) is 134 cm³/mol. The van der Waals surface area contributed by atoms with E-state index >= 15 is 0 Å². The number of carbonyl (C=O) groups excluding carboxylic acids is 1. The number of aromatic nitrogens is 3. The fraction of sp³-hybridized carbons (Fsp3) is 0.111. The molecular weight excluding hydrogens is 483 g/mol. The highest BCUT2D eigenvalue weighted by molar-refractivity contribution is 6.07. The third kappa shape index (κ3) is 4.49. The van der Waals surface area contributed by atoms with E-state index in [2.05, 4.69) is 15.3 Å². The Hall–Kier alpha value is -4.73. The number of rotatable bonds is 4. The minimum atomic E-state index is -4.50. The molecule has 3 heterocycles. The lowest BCUT2D eigenvalue weighted by molar-refractivity contribution is -0.137. The van der Waals surface area contributed by atoms with Gasteiger partial charge in [0, 0.05) is 22.8 Å². The van der Waals surface area contributed by atoms with Crippen LogP contribution in [0.25, 0.3) is 27.5 Å². The number of amides is 1. The average molecular weight is 503 g/mol. The number of pyridine rings is 3. The van der Waals surface area contributed by atoms with Gasteiger partial charge in [0.15, 0.2) is 0 Å². The lowest BCUT2D eigenvalue weighted by Crippen LogP contribution is -2.27. The van der Waals surface area contributed by atoms with Gasteiger partial charge >= 0.3 is 6.18 Å². The molecule has 7 nitrogen and oxygen atoms in total. The Balaban J connectivity index is 1.62. The van der Waals surface area contributed by atoms with Gasteiger partial charge in [-0.25, -0.2) is 4.98 Å². The van der Waals surface area contributed by atoms with E-state index in [0.29, 0.717) is 33.5 Å². The van der Waals surface area contributed by atoms with Gasteiger partial charge in [-0.1, -0.05) is 6.07 Å². The van der Waals surface area contributed by atoms with Gasteiger partial charge in [0.1, 0.15) is 5.82 Å². The molecule has 37 heavy (non-hydrogen) atoms. The second kappa shape index (κ2) is 9.05. The number of nitrogen functional groups attached to an aromatic ring is 1. The number of hydrogen-bond donors (Lipinski definition) is 2. The summed E-state index contributed by atoms with van der Waals surface area (Å²) >= 11 is 0. The van der Waals surface area contributed by atoms with Crippen LogP contribution in [0.1, 0.15) is 34.6 Å². The third-order valence-corrected chi connectivity index (χ3v) is 6.03. The van der Waals surface area contributed by atoms with Crippen LogP contribution in [0.15, 0.2) is 83.8 Å². The van der Waals surface area contributed by atoms with Gasteiger partial charge in [0.2, 0.25) is 0 Å². The quantitative estimate of drug-likeness (QED) is 0.335. The summed E-state index contributed by atoms with van der Waals surface area (Å²) in [6, 6.07) is 17.0. The van der Waals surface area contributed by atoms with Crippen molar-refractivity contribution in [3.63, 3.8) is 0 Å². The third-order valence-electron chi connectivity index (χ3n) is 6.03. The molecule has 0 aliphatic carbocycles. The molecule has 0 bridgehead atoms. The standard InChI is InChI=1S/C27H20F3N5O2/c1-15(21-5-2-6-23(31)34-21)33-25(36)16-7-12-22-20(14-16)24-19(4-3-13-32-24)26(37)35(22)18-10-8-17(9-11-18)27(28,29)30/h2-15H,1H3,(H2,31,34)(H,33,36)/t15-/m0/s1. The number of fused-ring (bicyclic) bond motifs is 3. The minimum Gasteiger partial charge on any atom is -0.384 e. The number of benzene rings is 2. The molecule has 0 aliphatic heterocycles. The first-order chi connectivity index (χ1) is 17.6. The molecule has 0 spiro atoms. The molecule has 1 amide bonds. The first kappa shape index (κ1) is 24.0. The van der Waals surface area contributed by atoms with Crippen molar-refractivity contribution in [3.05, 3.63) is 106 Å². The summed E-state index contributed by atoms with van der Waals surface area (Å²) in [4.78, 5) is 35.0. The number of alkyl halides is 3. The van der Waals surface area contributed by atoms with Crippen LogP contribution in [0.2, 0.25) is 0 Å². The van der Waals surface area contributed by atoms with E-state index in [1.165, 1.54) is 22.9 Å². The molecule has 186 valence electrons. The fourth-order valence-corrected chi connectivity index (χ4v) is 4.20. The molecule has 5 aromatic rings. The van der Waals surface area contributed by atoms with E-state index in [1.807, 2.05) is 0 Å². The Kier molecular flexibility index (Phi) is 5.87. The van der Waals surface area contributed by atoms with Gasteiger partial charge < -0.3 is 11.1 Å². The Morgan fingerprint density at radius 1 is 1.00 bits per heavy atom. The SMILES string of the molecule is C[C@H](NC(=O)c1ccc2c(c1)c1ncccc1c(=O)n2-c1ccc(C(F)(F)F)cc1)c1cccc(N)n1. The largest absolute Gasteiger partial charge is 0.416 e. The molecule has 0 aliphatic rings. The van der Waals surface area contributed by atoms with E-state index in [0.717, 1.165) is 12.1 Å². The number of nitrogens with two attached hydrogens (primary N) is 1. The van der Waals surface area contributed by atoms with Crippen LogP contribution in [0, 0.1) is 0 Å². The van der Waals surface area contributed by atoms with Crippen LogP contribution in [0.3, 0.4) is 0 Å². The molecule has 0 fully saturated rings. The van der Waals surface area contributed by atoms with E-state index in [9.17, 15) is 22.8 Å². The Morgan fingerprint density at radius 2 is 1.76 bits per heavy atom. The van der Waals surface area contributed by atoms with Crippen LogP contribution in [0.5, 0.6) is 0 Å². The zero-order valence-corrected chi connectivity index (χ0v) is 19.5. The molecule has 2 aromatic carbocycles. The molecule has 0 saturated carbocycles. The molecule has 3 N–H and O–H groups in total. The molecule has 0 radical (unpaired) electrons. The van der Waals surface area contributed by atoms with Gasteiger partial charge in [-0.15, -0.1) is 0 Å². The van der Waals surface area contributed by atoms with Crippen molar-refractivity contribution in [2.24, 2.45) is 0 Å². The molecular formula is C27H20F3N5O2. The molecule has 1 atom stereocenters. The average Bonchev–Trinajstić information content (AvgIpc) is 2.88. The van der Waals surface area contributed by atoms with Crippen LogP contribution in [-0.4, -0.2) is 20.4 Å². The smallest absolute Gasteiger partial charge is 0.384 e. The number of halogens is 3. The maximum Gasteiger partial charge on any atom is 0.416 e. The van der Waals surface area contributed by atoms with E-state index in [4.69, 9.17) is 5.73 Å². The second-order valence-corrected chi connectivity index (χ2v) is 8.50.